The highest BCUT2D eigenvalue weighted by molar-refractivity contribution is 4.84. The van der Waals surface area contributed by atoms with Crippen LogP contribution in [0.4, 0.5) is 0 Å². The van der Waals surface area contributed by atoms with Gasteiger partial charge in [-0.15, -0.1) is 0 Å². The third-order valence-electron chi connectivity index (χ3n) is 1.29. The van der Waals surface area contributed by atoms with Gasteiger partial charge in [-0.05, 0) is 6.42 Å². The minimum absolute atomic E-state index is 0.278. The normalized spacial score (nSPS) is 13.2. The Hall–Kier alpha value is -0.460. The van der Waals surface area contributed by atoms with E-state index in [9.17, 15) is 0 Å². The van der Waals surface area contributed by atoms with Crippen molar-refractivity contribution >= 4 is 0 Å². The van der Waals surface area contributed by atoms with Gasteiger partial charge in [-0.3, -0.25) is 0 Å². The van der Waals surface area contributed by atoms with Crippen molar-refractivity contribution in [3.05, 3.63) is 12.3 Å². The molecule has 0 amide bonds. The zero-order chi connectivity index (χ0) is 6.57. The van der Waals surface area contributed by atoms with Gasteiger partial charge in [0.1, 0.15) is 0 Å². The minimum Gasteiger partial charge on any atom is -0.513 e. The molecule has 0 bridgehead atoms. The molecular formula is C7H14O. The van der Waals surface area contributed by atoms with Crippen molar-refractivity contribution in [2.75, 3.05) is 0 Å². The summed E-state index contributed by atoms with van der Waals surface area (Å²) in [4.78, 5) is 0. The first-order valence-electron chi connectivity index (χ1n) is 3.06. The van der Waals surface area contributed by atoms with Crippen molar-refractivity contribution < 1.29 is 5.11 Å². The molecule has 0 rings (SSSR count). The topological polar surface area (TPSA) is 20.2 Å². The lowest BCUT2D eigenvalue weighted by Crippen LogP contribution is -1.95. The quantitative estimate of drug-likeness (QED) is 0.559. The van der Waals surface area contributed by atoms with E-state index >= 15 is 0 Å². The maximum absolute atomic E-state index is 8.76. The van der Waals surface area contributed by atoms with E-state index in [1.165, 1.54) is 0 Å². The fourth-order valence-corrected chi connectivity index (χ4v) is 0.600. The lowest BCUT2D eigenvalue weighted by molar-refractivity contribution is 0.333. The fraction of sp³-hybridized carbons (Fsp3) is 0.714. The van der Waals surface area contributed by atoms with Crippen LogP contribution < -0.4 is 0 Å². The van der Waals surface area contributed by atoms with Crippen molar-refractivity contribution in [2.24, 2.45) is 5.92 Å². The van der Waals surface area contributed by atoms with Crippen molar-refractivity contribution in [3.8, 4) is 0 Å². The molecule has 1 heteroatoms. The average Bonchev–Trinajstić information content (AvgIpc) is 1.67. The molecular weight excluding hydrogens is 100 g/mol. The molecule has 0 aliphatic carbocycles. The summed E-state index contributed by atoms with van der Waals surface area (Å²) in [6, 6.07) is 0. The second kappa shape index (κ2) is 3.53. The van der Waals surface area contributed by atoms with Gasteiger partial charge in [0.25, 0.3) is 0 Å². The van der Waals surface area contributed by atoms with Crippen LogP contribution in [0.25, 0.3) is 0 Å². The van der Waals surface area contributed by atoms with Crippen LogP contribution in [0.2, 0.25) is 0 Å². The molecule has 1 unspecified atom stereocenters. The van der Waals surface area contributed by atoms with Gasteiger partial charge >= 0.3 is 0 Å². The number of aliphatic hydroxyl groups is 1. The summed E-state index contributed by atoms with van der Waals surface area (Å²) >= 11 is 0. The highest BCUT2D eigenvalue weighted by Gasteiger charge is 2.00. The van der Waals surface area contributed by atoms with Gasteiger partial charge in [-0.25, -0.2) is 0 Å². The van der Waals surface area contributed by atoms with Gasteiger partial charge in [-0.1, -0.05) is 26.8 Å². The van der Waals surface area contributed by atoms with E-state index in [2.05, 4.69) is 13.5 Å². The van der Waals surface area contributed by atoms with Crippen LogP contribution in [0.1, 0.15) is 26.7 Å². The highest BCUT2D eigenvalue weighted by Crippen LogP contribution is 2.10. The van der Waals surface area contributed by atoms with Gasteiger partial charge in [0, 0.05) is 5.92 Å². The molecule has 1 nitrogen and oxygen atoms in total. The van der Waals surface area contributed by atoms with Gasteiger partial charge in [0.2, 0.25) is 0 Å². The monoisotopic (exact) mass is 114 g/mol. The Labute approximate surface area is 51.0 Å². The Morgan fingerprint density at radius 3 is 2.38 bits per heavy atom. The number of aliphatic hydroxyl groups excluding tert-OH is 1. The Kier molecular flexibility index (Phi) is 3.33. The smallest absolute Gasteiger partial charge is 0.0879 e. The zero-order valence-corrected chi connectivity index (χ0v) is 5.65. The maximum Gasteiger partial charge on any atom is 0.0879 e. The summed E-state index contributed by atoms with van der Waals surface area (Å²) < 4.78 is 0. The van der Waals surface area contributed by atoms with Crippen LogP contribution in [-0.4, -0.2) is 5.11 Å². The molecule has 0 radical (unpaired) electrons. The fourth-order valence-electron chi connectivity index (χ4n) is 0.600. The lowest BCUT2D eigenvalue weighted by atomic mass is 10.1. The minimum atomic E-state index is 0.278. The SMILES string of the molecule is C=C(O)C(C)CCC. The predicted octanol–water partition coefficient (Wildman–Crippen LogP) is 2.49. The van der Waals surface area contributed by atoms with E-state index in [-0.39, 0.29) is 5.92 Å². The highest BCUT2D eigenvalue weighted by atomic mass is 16.3. The van der Waals surface area contributed by atoms with Crippen LogP contribution >= 0.6 is 0 Å². The molecule has 0 aliphatic heterocycles. The standard InChI is InChI=1S/C7H14O/c1-4-5-6(2)7(3)8/h6,8H,3-5H2,1-2H3. The molecule has 0 fully saturated rings. The average molecular weight is 114 g/mol. The molecule has 0 heterocycles. The Balaban J connectivity index is 3.32. The molecule has 0 aromatic carbocycles. The largest absolute Gasteiger partial charge is 0.513 e. The first-order chi connectivity index (χ1) is 3.68. The Bertz CT molecular complexity index is 76.5. The third-order valence-corrected chi connectivity index (χ3v) is 1.29. The number of hydrogen-bond donors (Lipinski definition) is 1. The second-order valence-corrected chi connectivity index (χ2v) is 2.18. The lowest BCUT2D eigenvalue weighted by Gasteiger charge is -2.05. The summed E-state index contributed by atoms with van der Waals surface area (Å²) in [6.45, 7) is 7.50. The van der Waals surface area contributed by atoms with E-state index in [1.54, 1.807) is 0 Å². The zero-order valence-electron chi connectivity index (χ0n) is 5.65. The summed E-state index contributed by atoms with van der Waals surface area (Å²) in [5.74, 6) is 0.590. The maximum atomic E-state index is 8.76. The van der Waals surface area contributed by atoms with Crippen molar-refractivity contribution in [1.29, 1.82) is 0 Å². The molecule has 0 spiro atoms. The number of allylic oxidation sites excluding steroid dienone is 1. The third kappa shape index (κ3) is 2.67. The van der Waals surface area contributed by atoms with E-state index in [0.29, 0.717) is 5.76 Å². The Morgan fingerprint density at radius 2 is 2.25 bits per heavy atom. The second-order valence-electron chi connectivity index (χ2n) is 2.18. The summed E-state index contributed by atoms with van der Waals surface area (Å²) in [7, 11) is 0. The van der Waals surface area contributed by atoms with Gasteiger partial charge in [-0.2, -0.15) is 0 Å². The van der Waals surface area contributed by atoms with Crippen LogP contribution in [-0.2, 0) is 0 Å². The molecule has 0 aliphatic rings. The van der Waals surface area contributed by atoms with Gasteiger partial charge in [0.15, 0.2) is 0 Å². The number of rotatable bonds is 3. The molecule has 48 valence electrons. The van der Waals surface area contributed by atoms with Crippen molar-refractivity contribution in [1.82, 2.24) is 0 Å². The molecule has 0 aromatic heterocycles. The first-order valence-corrected chi connectivity index (χ1v) is 3.06. The molecule has 1 N–H and O–H groups in total. The van der Waals surface area contributed by atoms with Crippen LogP contribution in [0.3, 0.4) is 0 Å². The Morgan fingerprint density at radius 1 is 1.75 bits per heavy atom. The van der Waals surface area contributed by atoms with Gasteiger partial charge in [0.05, 0.1) is 5.76 Å². The molecule has 0 saturated carbocycles. The molecule has 0 aromatic rings. The molecule has 1 atom stereocenters. The summed E-state index contributed by atoms with van der Waals surface area (Å²) in [6.07, 6.45) is 2.15. The predicted molar refractivity (Wildman–Crippen MR) is 35.8 cm³/mol. The van der Waals surface area contributed by atoms with Crippen LogP contribution in [0.5, 0.6) is 0 Å². The van der Waals surface area contributed by atoms with E-state index in [1.807, 2.05) is 6.92 Å². The van der Waals surface area contributed by atoms with Crippen LogP contribution in [0.15, 0.2) is 12.3 Å². The van der Waals surface area contributed by atoms with Crippen LogP contribution in [0, 0.1) is 5.92 Å². The van der Waals surface area contributed by atoms with E-state index in [4.69, 9.17) is 5.11 Å². The number of hydrogen-bond acceptors (Lipinski definition) is 1. The van der Waals surface area contributed by atoms with E-state index in [0.717, 1.165) is 12.8 Å². The van der Waals surface area contributed by atoms with Gasteiger partial charge < -0.3 is 5.11 Å². The summed E-state index contributed by atoms with van der Waals surface area (Å²) in [5, 5.41) is 8.76. The first kappa shape index (κ1) is 7.54. The summed E-state index contributed by atoms with van der Waals surface area (Å²) in [5.41, 5.74) is 0. The molecule has 0 saturated heterocycles. The van der Waals surface area contributed by atoms with Crippen molar-refractivity contribution in [2.45, 2.75) is 26.7 Å². The molecule has 8 heavy (non-hydrogen) atoms. The van der Waals surface area contributed by atoms with Crippen molar-refractivity contribution in [3.63, 3.8) is 0 Å². The van der Waals surface area contributed by atoms with E-state index < -0.39 is 0 Å².